The number of aliphatic carboxylic acids is 1. The lowest BCUT2D eigenvalue weighted by Crippen LogP contribution is -2.28. The molecule has 0 amide bonds. The van der Waals surface area contributed by atoms with Crippen LogP contribution in [0.3, 0.4) is 0 Å². The van der Waals surface area contributed by atoms with E-state index in [9.17, 15) is 4.79 Å². The second kappa shape index (κ2) is 3.11. The lowest BCUT2D eigenvalue weighted by atomic mass is 9.70. The van der Waals surface area contributed by atoms with Crippen molar-refractivity contribution in [3.8, 4) is 0 Å². The van der Waals surface area contributed by atoms with Crippen molar-refractivity contribution >= 4 is 5.97 Å². The highest BCUT2D eigenvalue weighted by Gasteiger charge is 2.49. The molecule has 0 aliphatic heterocycles. The van der Waals surface area contributed by atoms with Crippen LogP contribution in [0.15, 0.2) is 12.2 Å². The van der Waals surface area contributed by atoms with Crippen LogP contribution in [0.1, 0.15) is 33.1 Å². The van der Waals surface area contributed by atoms with E-state index in [1.165, 1.54) is 6.42 Å². The number of hydrogen-bond acceptors (Lipinski definition) is 1. The molecule has 14 heavy (non-hydrogen) atoms. The molecule has 1 saturated carbocycles. The molecule has 2 nitrogen and oxygen atoms in total. The van der Waals surface area contributed by atoms with Crippen LogP contribution in [-0.4, -0.2) is 11.1 Å². The van der Waals surface area contributed by atoms with Crippen molar-refractivity contribution in [3.63, 3.8) is 0 Å². The molecule has 2 bridgehead atoms. The zero-order valence-corrected chi connectivity index (χ0v) is 8.86. The summed E-state index contributed by atoms with van der Waals surface area (Å²) < 4.78 is 0. The van der Waals surface area contributed by atoms with E-state index in [-0.39, 0.29) is 0 Å². The second-order valence-electron chi connectivity index (χ2n) is 5.25. The first-order valence-electron chi connectivity index (χ1n) is 5.42. The molecule has 2 aliphatic rings. The zero-order valence-electron chi connectivity index (χ0n) is 8.86. The summed E-state index contributed by atoms with van der Waals surface area (Å²) in [4.78, 5) is 10.6. The van der Waals surface area contributed by atoms with Gasteiger partial charge in [-0.1, -0.05) is 26.0 Å². The Morgan fingerprint density at radius 1 is 1.50 bits per heavy atom. The SMILES string of the molecule is CC1(C)C2C=CC(C2)C1CCC(=O)O. The number of carboxylic acid groups (broad SMARTS) is 1. The first-order chi connectivity index (χ1) is 6.51. The minimum absolute atomic E-state index is 0.314. The van der Waals surface area contributed by atoms with Crippen molar-refractivity contribution < 1.29 is 9.90 Å². The van der Waals surface area contributed by atoms with Gasteiger partial charge in [-0.25, -0.2) is 0 Å². The summed E-state index contributed by atoms with van der Waals surface area (Å²) in [7, 11) is 0. The van der Waals surface area contributed by atoms with E-state index in [2.05, 4.69) is 26.0 Å². The van der Waals surface area contributed by atoms with Gasteiger partial charge in [0.1, 0.15) is 0 Å². The molecule has 1 N–H and O–H groups in total. The predicted octanol–water partition coefficient (Wildman–Crippen LogP) is 2.70. The van der Waals surface area contributed by atoms with Crippen LogP contribution in [-0.2, 0) is 4.79 Å². The van der Waals surface area contributed by atoms with Crippen LogP contribution < -0.4 is 0 Å². The number of hydrogen-bond donors (Lipinski definition) is 1. The van der Waals surface area contributed by atoms with E-state index < -0.39 is 5.97 Å². The maximum atomic E-state index is 10.6. The smallest absolute Gasteiger partial charge is 0.303 e. The third kappa shape index (κ3) is 1.37. The van der Waals surface area contributed by atoms with Crippen molar-refractivity contribution in [1.82, 2.24) is 0 Å². The fourth-order valence-corrected chi connectivity index (χ4v) is 3.27. The molecule has 3 unspecified atom stereocenters. The van der Waals surface area contributed by atoms with Crippen LogP contribution in [0.4, 0.5) is 0 Å². The topological polar surface area (TPSA) is 37.3 Å². The summed E-state index contributed by atoms with van der Waals surface area (Å²) in [5.74, 6) is 1.25. The molecule has 1 fully saturated rings. The standard InChI is InChI=1S/C12H18O2/c1-12(2)9-4-3-8(7-9)10(12)5-6-11(13)14/h3-4,8-10H,5-7H2,1-2H3,(H,13,14). The number of allylic oxidation sites excluding steroid dienone is 2. The van der Waals surface area contributed by atoms with Crippen molar-refractivity contribution in [2.45, 2.75) is 33.1 Å². The normalized spacial score (nSPS) is 37.7. The lowest BCUT2D eigenvalue weighted by Gasteiger charge is -2.35. The van der Waals surface area contributed by atoms with E-state index in [1.807, 2.05) is 0 Å². The molecule has 0 aromatic carbocycles. The van der Waals surface area contributed by atoms with E-state index >= 15 is 0 Å². The van der Waals surface area contributed by atoms with Crippen LogP contribution >= 0.6 is 0 Å². The molecule has 0 heterocycles. The first-order valence-corrected chi connectivity index (χ1v) is 5.42. The molecule has 0 aromatic heterocycles. The van der Waals surface area contributed by atoms with Crippen LogP contribution in [0, 0.1) is 23.2 Å². The average Bonchev–Trinajstić information content (AvgIpc) is 2.59. The molecule has 0 radical (unpaired) electrons. The van der Waals surface area contributed by atoms with Crippen molar-refractivity contribution in [3.05, 3.63) is 12.2 Å². The van der Waals surface area contributed by atoms with Crippen LogP contribution in [0.25, 0.3) is 0 Å². The Morgan fingerprint density at radius 3 is 2.71 bits per heavy atom. The first kappa shape index (κ1) is 9.75. The summed E-state index contributed by atoms with van der Waals surface area (Å²) >= 11 is 0. The quantitative estimate of drug-likeness (QED) is 0.701. The van der Waals surface area contributed by atoms with Crippen molar-refractivity contribution in [1.29, 1.82) is 0 Å². The molecule has 2 rings (SSSR count). The molecular formula is C12H18O2. The summed E-state index contributed by atoms with van der Waals surface area (Å²) in [5.41, 5.74) is 0.314. The number of carbonyl (C=O) groups is 1. The number of carboxylic acids is 1. The van der Waals surface area contributed by atoms with Crippen molar-refractivity contribution in [2.75, 3.05) is 0 Å². The largest absolute Gasteiger partial charge is 0.481 e. The summed E-state index contributed by atoms with van der Waals surface area (Å²) in [6.45, 7) is 4.57. The molecule has 2 aliphatic carbocycles. The Morgan fingerprint density at radius 2 is 2.21 bits per heavy atom. The lowest BCUT2D eigenvalue weighted by molar-refractivity contribution is -0.137. The highest BCUT2D eigenvalue weighted by atomic mass is 16.4. The highest BCUT2D eigenvalue weighted by molar-refractivity contribution is 5.66. The Hall–Kier alpha value is -0.790. The van der Waals surface area contributed by atoms with Gasteiger partial charge in [0.15, 0.2) is 0 Å². The molecule has 2 heteroatoms. The van der Waals surface area contributed by atoms with E-state index in [0.717, 1.165) is 6.42 Å². The van der Waals surface area contributed by atoms with E-state index in [4.69, 9.17) is 5.11 Å². The van der Waals surface area contributed by atoms with Gasteiger partial charge in [0.2, 0.25) is 0 Å². The van der Waals surface area contributed by atoms with Gasteiger partial charge in [0, 0.05) is 6.42 Å². The molecule has 0 saturated heterocycles. The molecular weight excluding hydrogens is 176 g/mol. The fraction of sp³-hybridized carbons (Fsp3) is 0.750. The van der Waals surface area contributed by atoms with E-state index in [1.54, 1.807) is 0 Å². The third-order valence-corrected chi connectivity index (χ3v) is 4.21. The Balaban J connectivity index is 2.05. The van der Waals surface area contributed by atoms with Gasteiger partial charge >= 0.3 is 5.97 Å². The Kier molecular flexibility index (Phi) is 2.17. The summed E-state index contributed by atoms with van der Waals surface area (Å²) in [6.07, 6.45) is 7.03. The van der Waals surface area contributed by atoms with Crippen LogP contribution in [0.5, 0.6) is 0 Å². The molecule has 3 atom stereocenters. The van der Waals surface area contributed by atoms with Gasteiger partial charge in [-0.2, -0.15) is 0 Å². The molecule has 0 spiro atoms. The second-order valence-corrected chi connectivity index (χ2v) is 5.25. The highest BCUT2D eigenvalue weighted by Crippen LogP contribution is 2.57. The minimum atomic E-state index is -0.660. The van der Waals surface area contributed by atoms with Crippen LogP contribution in [0.2, 0.25) is 0 Å². The molecule has 0 aromatic rings. The monoisotopic (exact) mass is 194 g/mol. The van der Waals surface area contributed by atoms with E-state index in [0.29, 0.717) is 29.6 Å². The third-order valence-electron chi connectivity index (χ3n) is 4.21. The minimum Gasteiger partial charge on any atom is -0.481 e. The average molecular weight is 194 g/mol. The Bertz CT molecular complexity index is 278. The number of rotatable bonds is 3. The fourth-order valence-electron chi connectivity index (χ4n) is 3.27. The van der Waals surface area contributed by atoms with Gasteiger partial charge < -0.3 is 5.11 Å². The van der Waals surface area contributed by atoms with Gasteiger partial charge in [0.25, 0.3) is 0 Å². The predicted molar refractivity (Wildman–Crippen MR) is 54.9 cm³/mol. The maximum Gasteiger partial charge on any atom is 0.303 e. The van der Waals surface area contributed by atoms with Crippen molar-refractivity contribution in [2.24, 2.45) is 23.2 Å². The molecule has 78 valence electrons. The van der Waals surface area contributed by atoms with Gasteiger partial charge in [-0.3, -0.25) is 4.79 Å². The summed E-state index contributed by atoms with van der Waals surface area (Å²) in [5, 5.41) is 8.70. The summed E-state index contributed by atoms with van der Waals surface area (Å²) in [6, 6.07) is 0. The number of fused-ring (bicyclic) bond motifs is 2. The maximum absolute atomic E-state index is 10.6. The van der Waals surface area contributed by atoms with Gasteiger partial charge in [0.05, 0.1) is 0 Å². The van der Waals surface area contributed by atoms with Gasteiger partial charge in [-0.05, 0) is 36.0 Å². The van der Waals surface area contributed by atoms with Gasteiger partial charge in [-0.15, -0.1) is 0 Å². The Labute approximate surface area is 85.0 Å². The zero-order chi connectivity index (χ0) is 10.3.